The van der Waals surface area contributed by atoms with Gasteiger partial charge in [-0.15, -0.1) is 0 Å². The van der Waals surface area contributed by atoms with Crippen LogP contribution in [0.15, 0.2) is 0 Å². The molecule has 0 saturated carbocycles. The molecular formula is C34H64O7. The molecule has 0 aliphatic carbocycles. The first kappa shape index (κ1) is 39.4. The predicted octanol–water partition coefficient (Wildman–Crippen LogP) is 9.23. The van der Waals surface area contributed by atoms with Gasteiger partial charge in [0.2, 0.25) is 0 Å². The van der Waals surface area contributed by atoms with Gasteiger partial charge in [0.1, 0.15) is 0 Å². The van der Waals surface area contributed by atoms with Crippen molar-refractivity contribution < 1.29 is 34.4 Å². The molecule has 1 unspecified atom stereocenters. The molecule has 7 heteroatoms. The zero-order valence-electron chi connectivity index (χ0n) is 26.9. The number of aliphatic hydroxyl groups is 1. The molecule has 3 N–H and O–H groups in total. The van der Waals surface area contributed by atoms with Crippen LogP contribution in [0.2, 0.25) is 0 Å². The first-order valence-corrected chi connectivity index (χ1v) is 17.0. The lowest BCUT2D eigenvalue weighted by atomic mass is 9.70. The molecule has 242 valence electrons. The summed E-state index contributed by atoms with van der Waals surface area (Å²) in [5.41, 5.74) is -2.10. The van der Waals surface area contributed by atoms with E-state index in [9.17, 15) is 19.5 Å². The highest BCUT2D eigenvalue weighted by Gasteiger charge is 2.41. The van der Waals surface area contributed by atoms with Gasteiger partial charge in [-0.25, -0.2) is 4.79 Å². The molecule has 0 radical (unpaired) electrons. The normalized spacial score (nSPS) is 13.2. The standard InChI is InChI=1S/C34H64O7/c1-4-7-10-18-23-33(24-19-11-8-5-2,25-20-12-9-6-3)26-21-16-14-13-15-17-22-27-41-31(37)29-34(40,32(38)39)28-30(35)36/h40H,4-29H2,1-3H3,(H,35,36)(H,38,39). The smallest absolute Gasteiger partial charge is 0.336 e. The van der Waals surface area contributed by atoms with E-state index in [1.807, 2.05) is 0 Å². The van der Waals surface area contributed by atoms with E-state index >= 15 is 0 Å². The Balaban J connectivity index is 4.44. The third kappa shape index (κ3) is 20.8. The minimum Gasteiger partial charge on any atom is -0.481 e. The fraction of sp³-hybridized carbons (Fsp3) is 0.912. The number of unbranched alkanes of at least 4 members (excludes halogenated alkanes) is 15. The Hall–Kier alpha value is -1.63. The van der Waals surface area contributed by atoms with E-state index in [0.29, 0.717) is 11.8 Å². The molecule has 0 spiro atoms. The van der Waals surface area contributed by atoms with Gasteiger partial charge < -0.3 is 20.1 Å². The molecule has 0 fully saturated rings. The molecule has 0 aliphatic rings. The second-order valence-electron chi connectivity index (χ2n) is 12.5. The van der Waals surface area contributed by atoms with Gasteiger partial charge in [0, 0.05) is 0 Å². The van der Waals surface area contributed by atoms with Gasteiger partial charge in [-0.2, -0.15) is 0 Å². The Morgan fingerprint density at radius 1 is 0.537 bits per heavy atom. The molecule has 0 aromatic heterocycles. The summed E-state index contributed by atoms with van der Waals surface area (Å²) < 4.78 is 5.04. The molecule has 7 nitrogen and oxygen atoms in total. The number of aliphatic carboxylic acids is 2. The number of esters is 1. The van der Waals surface area contributed by atoms with Crippen LogP contribution in [0.4, 0.5) is 0 Å². The minimum absolute atomic E-state index is 0.151. The second kappa shape index (κ2) is 24.9. The van der Waals surface area contributed by atoms with Crippen molar-refractivity contribution in [2.75, 3.05) is 6.61 Å². The van der Waals surface area contributed by atoms with E-state index in [1.54, 1.807) is 0 Å². The number of carboxylic acid groups (broad SMARTS) is 2. The van der Waals surface area contributed by atoms with Crippen molar-refractivity contribution in [2.24, 2.45) is 5.41 Å². The van der Waals surface area contributed by atoms with Crippen LogP contribution in [-0.2, 0) is 19.1 Å². The van der Waals surface area contributed by atoms with Crippen molar-refractivity contribution in [2.45, 2.75) is 187 Å². The number of carbonyl (C=O) groups is 3. The van der Waals surface area contributed by atoms with Crippen molar-refractivity contribution in [1.82, 2.24) is 0 Å². The third-order valence-electron chi connectivity index (χ3n) is 8.58. The van der Waals surface area contributed by atoms with E-state index < -0.39 is 36.4 Å². The zero-order chi connectivity index (χ0) is 30.8. The molecule has 0 saturated heterocycles. The van der Waals surface area contributed by atoms with Crippen LogP contribution in [-0.4, -0.2) is 45.4 Å². The van der Waals surface area contributed by atoms with Crippen LogP contribution in [0.3, 0.4) is 0 Å². The molecule has 0 aromatic rings. The summed E-state index contributed by atoms with van der Waals surface area (Å²) in [5, 5.41) is 27.8. The minimum atomic E-state index is -2.64. The summed E-state index contributed by atoms with van der Waals surface area (Å²) >= 11 is 0. The number of hydrogen-bond donors (Lipinski definition) is 3. The maximum Gasteiger partial charge on any atom is 0.336 e. The van der Waals surface area contributed by atoms with E-state index in [2.05, 4.69) is 20.8 Å². The van der Waals surface area contributed by atoms with Gasteiger partial charge in [0.15, 0.2) is 5.60 Å². The van der Waals surface area contributed by atoms with E-state index in [0.717, 1.165) is 19.3 Å². The van der Waals surface area contributed by atoms with Crippen LogP contribution in [0, 0.1) is 5.41 Å². The summed E-state index contributed by atoms with van der Waals surface area (Å²) in [7, 11) is 0. The summed E-state index contributed by atoms with van der Waals surface area (Å²) in [6.45, 7) is 7.03. The van der Waals surface area contributed by atoms with Crippen molar-refractivity contribution in [3.8, 4) is 0 Å². The Labute approximate surface area is 251 Å². The van der Waals surface area contributed by atoms with Crippen LogP contribution in [0.1, 0.15) is 181 Å². The lowest BCUT2D eigenvalue weighted by Gasteiger charge is -2.35. The fourth-order valence-corrected chi connectivity index (χ4v) is 5.96. The quantitative estimate of drug-likeness (QED) is 0.0568. The molecule has 0 rings (SSSR count). The monoisotopic (exact) mass is 584 g/mol. The average Bonchev–Trinajstić information content (AvgIpc) is 2.92. The number of rotatable bonds is 30. The Bertz CT molecular complexity index is 647. The van der Waals surface area contributed by atoms with Gasteiger partial charge in [-0.1, -0.05) is 136 Å². The van der Waals surface area contributed by atoms with Gasteiger partial charge >= 0.3 is 17.9 Å². The van der Waals surface area contributed by atoms with Gasteiger partial charge in [0.05, 0.1) is 19.4 Å². The topological polar surface area (TPSA) is 121 Å². The highest BCUT2D eigenvalue weighted by atomic mass is 16.5. The Morgan fingerprint density at radius 3 is 1.27 bits per heavy atom. The molecule has 0 bridgehead atoms. The molecular weight excluding hydrogens is 520 g/mol. The zero-order valence-corrected chi connectivity index (χ0v) is 26.9. The number of ether oxygens (including phenoxy) is 1. The lowest BCUT2D eigenvalue weighted by Crippen LogP contribution is -2.43. The number of hydrogen-bond acceptors (Lipinski definition) is 5. The maximum absolute atomic E-state index is 11.9. The van der Waals surface area contributed by atoms with Gasteiger partial charge in [-0.3, -0.25) is 9.59 Å². The summed E-state index contributed by atoms with van der Waals surface area (Å²) in [5.74, 6) is -4.11. The number of carbonyl (C=O) groups excluding carboxylic acids is 1. The van der Waals surface area contributed by atoms with E-state index in [-0.39, 0.29) is 6.61 Å². The second-order valence-corrected chi connectivity index (χ2v) is 12.5. The highest BCUT2D eigenvalue weighted by molar-refractivity contribution is 5.88. The highest BCUT2D eigenvalue weighted by Crippen LogP contribution is 2.42. The summed E-state index contributed by atoms with van der Waals surface area (Å²) in [4.78, 5) is 33.8. The lowest BCUT2D eigenvalue weighted by molar-refractivity contribution is -0.172. The van der Waals surface area contributed by atoms with Gasteiger partial charge in [0.25, 0.3) is 0 Å². The SMILES string of the molecule is CCCCCCC(CCCCCC)(CCCCCC)CCCCCCCCCOC(=O)CC(O)(CC(=O)O)C(=O)O. The molecule has 0 aromatic carbocycles. The maximum atomic E-state index is 11.9. The van der Waals surface area contributed by atoms with Crippen molar-refractivity contribution in [1.29, 1.82) is 0 Å². The summed E-state index contributed by atoms with van der Waals surface area (Å²) in [6, 6.07) is 0. The first-order chi connectivity index (χ1) is 19.6. The van der Waals surface area contributed by atoms with E-state index in [4.69, 9.17) is 14.9 Å². The van der Waals surface area contributed by atoms with Crippen LogP contribution in [0.5, 0.6) is 0 Å². The van der Waals surface area contributed by atoms with Crippen LogP contribution < -0.4 is 0 Å². The van der Waals surface area contributed by atoms with Gasteiger partial charge in [-0.05, 0) is 37.5 Å². The predicted molar refractivity (Wildman–Crippen MR) is 166 cm³/mol. The largest absolute Gasteiger partial charge is 0.481 e. The molecule has 1 atom stereocenters. The Morgan fingerprint density at radius 2 is 0.902 bits per heavy atom. The molecule has 0 aliphatic heterocycles. The molecule has 41 heavy (non-hydrogen) atoms. The average molecular weight is 585 g/mol. The molecule has 0 amide bonds. The fourth-order valence-electron chi connectivity index (χ4n) is 5.96. The van der Waals surface area contributed by atoms with Crippen LogP contribution >= 0.6 is 0 Å². The van der Waals surface area contributed by atoms with Crippen molar-refractivity contribution in [3.63, 3.8) is 0 Å². The van der Waals surface area contributed by atoms with Crippen molar-refractivity contribution >= 4 is 17.9 Å². The number of carboxylic acids is 2. The van der Waals surface area contributed by atoms with E-state index in [1.165, 1.54) is 122 Å². The first-order valence-electron chi connectivity index (χ1n) is 17.0. The third-order valence-corrected chi connectivity index (χ3v) is 8.58. The van der Waals surface area contributed by atoms with Crippen molar-refractivity contribution in [3.05, 3.63) is 0 Å². The summed E-state index contributed by atoms with van der Waals surface area (Å²) in [6.07, 6.45) is 27.5. The van der Waals surface area contributed by atoms with Crippen LogP contribution in [0.25, 0.3) is 0 Å². The Kier molecular flexibility index (Phi) is 23.9. The molecule has 0 heterocycles.